The van der Waals surface area contributed by atoms with Gasteiger partial charge in [-0.05, 0) is 46.6 Å². The first-order valence-electron chi connectivity index (χ1n) is 18.0. The number of carbonyl (C=O) groups excluding carboxylic acids is 3. The van der Waals surface area contributed by atoms with Crippen LogP contribution >= 0.6 is 0 Å². The minimum Gasteiger partial charge on any atom is -0.875 e. The minimum absolute atomic E-state index is 0. The van der Waals surface area contributed by atoms with E-state index in [0.717, 1.165) is 21.8 Å². The minimum atomic E-state index is -0.457. The maximum atomic E-state index is 11.4. The van der Waals surface area contributed by atoms with E-state index in [2.05, 4.69) is 34.2 Å². The Morgan fingerprint density at radius 2 is 0.648 bits per heavy atom. The Labute approximate surface area is 356 Å². The van der Waals surface area contributed by atoms with E-state index in [4.69, 9.17) is 0 Å². The first-order valence-corrected chi connectivity index (χ1v) is 18.0. The number of ketones is 3. The molecule has 0 N–H and O–H groups in total. The average molecular weight is 893 g/mol. The third-order valence-electron chi connectivity index (χ3n) is 7.57. The fourth-order valence-electron chi connectivity index (χ4n) is 3.34. The van der Waals surface area contributed by atoms with Gasteiger partial charge < -0.3 is 15.3 Å². The molecule has 0 aliphatic rings. The summed E-state index contributed by atoms with van der Waals surface area (Å²) in [5.74, 6) is -0.625. The molecule has 0 fully saturated rings. The van der Waals surface area contributed by atoms with Gasteiger partial charge in [0.15, 0.2) is 17.3 Å². The fraction of sp³-hybridized carbons (Fsp3) is 0.533. The molecule has 0 aliphatic carbocycles. The molecule has 1 aromatic carbocycles. The van der Waals surface area contributed by atoms with Gasteiger partial charge in [-0.25, -0.2) is 0 Å². The zero-order valence-electron chi connectivity index (χ0n) is 36.0. The molecular weight excluding hydrogens is 827 g/mol. The molecule has 0 unspecified atom stereocenters. The molecule has 0 saturated heterocycles. The SMILES string of the molecule is CC(C)(C)C(=O)/C=C(\[O-])C(C)(C)C.CC(C)(C)C(=O)/C=C(\[O-])C(C)(C)C.CC(C)(C)C(=O)/C=C(\[O-])C(C)(C)C.[Dy+3].c1cnc2c(c1)ccc1cccnc12. The first kappa shape index (κ1) is 53.0. The number of benzene rings is 1. The Balaban J connectivity index is 0. The van der Waals surface area contributed by atoms with Gasteiger partial charge in [0.1, 0.15) is 0 Å². The quantitative estimate of drug-likeness (QED) is 0.145. The molecule has 54 heavy (non-hydrogen) atoms. The Bertz CT molecular complexity index is 1620. The number of allylic oxidation sites excluding steroid dienone is 6. The number of nitrogens with zero attached hydrogens (tertiary/aromatic N) is 2. The third kappa shape index (κ3) is 19.5. The van der Waals surface area contributed by atoms with Gasteiger partial charge >= 0.3 is 38.2 Å². The summed E-state index contributed by atoms with van der Waals surface area (Å²) < 4.78 is 0. The molecule has 0 saturated carbocycles. The molecule has 1 radical (unpaired) electrons. The molecule has 0 amide bonds. The number of aromatic nitrogens is 2. The summed E-state index contributed by atoms with van der Waals surface area (Å²) in [5, 5.41) is 36.6. The average Bonchev–Trinajstić information content (AvgIpc) is 2.99. The van der Waals surface area contributed by atoms with Crippen LogP contribution in [0.2, 0.25) is 0 Å². The van der Waals surface area contributed by atoms with Crippen LogP contribution in [0.1, 0.15) is 125 Å². The van der Waals surface area contributed by atoms with Gasteiger partial charge in [-0.3, -0.25) is 24.4 Å². The Kier molecular flexibility index (Phi) is 20.4. The van der Waals surface area contributed by atoms with Gasteiger partial charge in [-0.2, -0.15) is 0 Å². The second-order valence-electron chi connectivity index (χ2n) is 19.3. The van der Waals surface area contributed by atoms with Crippen molar-refractivity contribution in [2.24, 2.45) is 32.5 Å². The monoisotopic (exact) mass is 893 g/mol. The van der Waals surface area contributed by atoms with Crippen molar-refractivity contribution in [2.75, 3.05) is 0 Å². The summed E-state index contributed by atoms with van der Waals surface area (Å²) in [5.41, 5.74) is -0.790. The molecule has 0 aliphatic heterocycles. The summed E-state index contributed by atoms with van der Waals surface area (Å²) in [6.45, 7) is 32.5. The van der Waals surface area contributed by atoms with Crippen LogP contribution in [-0.2, 0) is 14.4 Å². The van der Waals surface area contributed by atoms with Crippen LogP contribution in [0.25, 0.3) is 21.8 Å². The normalized spacial score (nSPS) is 13.3. The van der Waals surface area contributed by atoms with Gasteiger partial charge in [0.05, 0.1) is 11.0 Å². The molecule has 3 rings (SSSR count). The first-order chi connectivity index (χ1) is 23.6. The summed E-state index contributed by atoms with van der Waals surface area (Å²) in [6, 6.07) is 12.1. The molecule has 0 bridgehead atoms. The van der Waals surface area contributed by atoms with Gasteiger partial charge in [-0.15, -0.1) is 17.3 Å². The Morgan fingerprint density at radius 1 is 0.426 bits per heavy atom. The standard InChI is InChI=1S/C12H8N2.3C11H20O2.Dy/c1-3-9-5-6-10-4-2-8-14-12(10)11(9)13-7-1;3*1-10(2,3)8(12)7-9(13)11(4,5)6;/h1-8H;3*7,12H,1-6H3;/q;;;;+3/p-3/b;3*8-7-;. The van der Waals surface area contributed by atoms with Crippen LogP contribution in [0, 0.1) is 70.7 Å². The van der Waals surface area contributed by atoms with E-state index in [1.54, 1.807) is 12.4 Å². The van der Waals surface area contributed by atoms with Crippen molar-refractivity contribution in [3.63, 3.8) is 0 Å². The predicted molar refractivity (Wildman–Crippen MR) is 213 cm³/mol. The van der Waals surface area contributed by atoms with Gasteiger partial charge in [-0.1, -0.05) is 149 Å². The van der Waals surface area contributed by atoms with Crippen LogP contribution in [0.15, 0.2) is 84.3 Å². The van der Waals surface area contributed by atoms with Gasteiger partial charge in [0.2, 0.25) is 0 Å². The van der Waals surface area contributed by atoms with Crippen LogP contribution in [0.3, 0.4) is 0 Å². The zero-order valence-corrected chi connectivity index (χ0v) is 38.0. The van der Waals surface area contributed by atoms with E-state index in [0.29, 0.717) is 0 Å². The molecule has 2 aromatic heterocycles. The molecule has 301 valence electrons. The number of rotatable bonds is 3. The van der Waals surface area contributed by atoms with E-state index in [9.17, 15) is 29.7 Å². The topological polar surface area (TPSA) is 146 Å². The zero-order chi connectivity index (χ0) is 42.0. The maximum Gasteiger partial charge on any atom is 3.00 e. The fourth-order valence-corrected chi connectivity index (χ4v) is 3.34. The molecule has 0 atom stereocenters. The van der Waals surface area contributed by atoms with E-state index in [1.165, 1.54) is 18.2 Å². The number of hydrogen-bond donors (Lipinski definition) is 0. The van der Waals surface area contributed by atoms with Crippen molar-refractivity contribution in [1.82, 2.24) is 9.97 Å². The smallest absolute Gasteiger partial charge is 0.875 e. The molecule has 9 heteroatoms. The number of fused-ring (bicyclic) bond motifs is 3. The van der Waals surface area contributed by atoms with Crippen molar-refractivity contribution in [2.45, 2.75) is 125 Å². The largest absolute Gasteiger partial charge is 3.00 e. The second kappa shape index (κ2) is 20.7. The van der Waals surface area contributed by atoms with Crippen molar-refractivity contribution in [3.8, 4) is 0 Å². The third-order valence-corrected chi connectivity index (χ3v) is 7.57. The van der Waals surface area contributed by atoms with Gasteiger partial charge in [0, 0.05) is 39.4 Å². The second-order valence-corrected chi connectivity index (χ2v) is 19.3. The van der Waals surface area contributed by atoms with Crippen LogP contribution in [0.4, 0.5) is 0 Å². The maximum absolute atomic E-state index is 11.4. The molecule has 0 spiro atoms. The molecule has 3 aromatic rings. The number of carbonyl (C=O) groups is 3. The van der Waals surface area contributed by atoms with E-state index < -0.39 is 32.5 Å². The summed E-state index contributed by atoms with van der Waals surface area (Å²) in [4.78, 5) is 43.0. The number of pyridine rings is 2. The molecular formula is C45H65DyN2O6. The Morgan fingerprint density at radius 3 is 0.833 bits per heavy atom. The summed E-state index contributed by atoms with van der Waals surface area (Å²) in [6.07, 6.45) is 7.27. The van der Waals surface area contributed by atoms with Crippen molar-refractivity contribution >= 4 is 39.2 Å². The predicted octanol–water partition coefficient (Wildman–Crippen LogP) is 8.46. The van der Waals surface area contributed by atoms with Crippen LogP contribution in [0.5, 0.6) is 0 Å². The van der Waals surface area contributed by atoms with E-state index >= 15 is 0 Å². The van der Waals surface area contributed by atoms with Crippen molar-refractivity contribution < 1.29 is 67.9 Å². The summed E-state index contributed by atoms with van der Waals surface area (Å²) >= 11 is 0. The summed E-state index contributed by atoms with van der Waals surface area (Å²) in [7, 11) is 0. The van der Waals surface area contributed by atoms with Crippen LogP contribution in [-0.4, -0.2) is 27.3 Å². The van der Waals surface area contributed by atoms with Crippen LogP contribution < -0.4 is 15.3 Å². The van der Waals surface area contributed by atoms with E-state index in [1.807, 2.05) is 137 Å². The Hall–Kier alpha value is -3.06. The number of hydrogen-bond acceptors (Lipinski definition) is 8. The van der Waals surface area contributed by atoms with E-state index in [-0.39, 0.29) is 72.8 Å². The van der Waals surface area contributed by atoms with Crippen molar-refractivity contribution in [3.05, 3.63) is 84.3 Å². The van der Waals surface area contributed by atoms with Gasteiger partial charge in [0.25, 0.3) is 0 Å². The molecule has 2 heterocycles. The molecule has 8 nitrogen and oxygen atoms in total. The van der Waals surface area contributed by atoms with Crippen molar-refractivity contribution in [1.29, 1.82) is 0 Å².